The summed E-state index contributed by atoms with van der Waals surface area (Å²) in [5.41, 5.74) is 3.06. The van der Waals surface area contributed by atoms with Crippen LogP contribution in [0.2, 0.25) is 0 Å². The minimum Gasteiger partial charge on any atom is -0.355 e. The smallest absolute Gasteiger partial charge is 0.255 e. The fourth-order valence-electron chi connectivity index (χ4n) is 5.10. The van der Waals surface area contributed by atoms with Gasteiger partial charge >= 0.3 is 0 Å². The van der Waals surface area contributed by atoms with Crippen molar-refractivity contribution in [2.24, 2.45) is 5.92 Å². The lowest BCUT2D eigenvalue weighted by Gasteiger charge is -2.45. The number of nitrogens with zero attached hydrogens (tertiary/aromatic N) is 2. The van der Waals surface area contributed by atoms with Crippen molar-refractivity contribution in [2.45, 2.75) is 37.8 Å². The molecule has 1 aliphatic carbocycles. The number of hydrogen-bond acceptors (Lipinski definition) is 3. The molecule has 0 aromatic heterocycles. The fraction of sp³-hybridized carbons (Fsp3) is 0.400. The molecule has 0 atom stereocenters. The summed E-state index contributed by atoms with van der Waals surface area (Å²) in [6.07, 6.45) is 3.54. The van der Waals surface area contributed by atoms with Gasteiger partial charge in [-0.25, -0.2) is 0 Å². The molecule has 3 amide bonds. The summed E-state index contributed by atoms with van der Waals surface area (Å²) in [5, 5.41) is 2.63. The number of fused-ring (bicyclic) bond motifs is 2. The van der Waals surface area contributed by atoms with Crippen molar-refractivity contribution < 1.29 is 14.4 Å². The number of carbonyl (C=O) groups is 3. The van der Waals surface area contributed by atoms with Crippen LogP contribution in [0.3, 0.4) is 0 Å². The zero-order valence-electron chi connectivity index (χ0n) is 17.8. The van der Waals surface area contributed by atoms with Gasteiger partial charge in [0.25, 0.3) is 11.8 Å². The largest absolute Gasteiger partial charge is 0.355 e. The van der Waals surface area contributed by atoms with Gasteiger partial charge in [0, 0.05) is 43.7 Å². The summed E-state index contributed by atoms with van der Waals surface area (Å²) in [6.45, 7) is 1.85. The highest BCUT2D eigenvalue weighted by atomic mass is 16.2. The van der Waals surface area contributed by atoms with Gasteiger partial charge in [-0.1, -0.05) is 30.3 Å². The third-order valence-electron chi connectivity index (χ3n) is 7.03. The average molecular weight is 418 g/mol. The molecule has 160 valence electrons. The van der Waals surface area contributed by atoms with E-state index in [-0.39, 0.29) is 29.2 Å². The third-order valence-corrected chi connectivity index (χ3v) is 7.03. The Morgan fingerprint density at radius 1 is 1.03 bits per heavy atom. The van der Waals surface area contributed by atoms with Crippen molar-refractivity contribution in [1.82, 2.24) is 15.1 Å². The van der Waals surface area contributed by atoms with Gasteiger partial charge in [-0.2, -0.15) is 0 Å². The van der Waals surface area contributed by atoms with E-state index in [4.69, 9.17) is 0 Å². The van der Waals surface area contributed by atoms with Crippen LogP contribution in [-0.4, -0.2) is 47.7 Å². The van der Waals surface area contributed by atoms with E-state index in [1.807, 2.05) is 40.1 Å². The lowest BCUT2D eigenvalue weighted by atomic mass is 9.80. The number of amides is 3. The van der Waals surface area contributed by atoms with Gasteiger partial charge in [-0.3, -0.25) is 14.4 Å². The quantitative estimate of drug-likeness (QED) is 0.832. The molecule has 2 heterocycles. The number of benzene rings is 2. The molecule has 0 radical (unpaired) electrons. The van der Waals surface area contributed by atoms with E-state index in [2.05, 4.69) is 11.4 Å². The van der Waals surface area contributed by atoms with Crippen LogP contribution in [0, 0.1) is 5.92 Å². The maximum atomic E-state index is 13.4. The molecule has 2 aromatic carbocycles. The van der Waals surface area contributed by atoms with Gasteiger partial charge < -0.3 is 15.1 Å². The van der Waals surface area contributed by atoms with E-state index >= 15 is 0 Å². The molecule has 1 saturated heterocycles. The van der Waals surface area contributed by atoms with E-state index in [0.717, 1.165) is 42.4 Å². The molecular weight excluding hydrogens is 390 g/mol. The summed E-state index contributed by atoms with van der Waals surface area (Å²) in [6, 6.07) is 15.3. The second kappa shape index (κ2) is 7.52. The van der Waals surface area contributed by atoms with E-state index in [1.165, 1.54) is 0 Å². The molecule has 6 nitrogen and oxygen atoms in total. The van der Waals surface area contributed by atoms with E-state index in [9.17, 15) is 14.4 Å². The Bertz CT molecular complexity index is 1030. The number of rotatable bonds is 4. The van der Waals surface area contributed by atoms with E-state index in [1.54, 1.807) is 19.2 Å². The molecule has 5 rings (SSSR count). The molecule has 31 heavy (non-hydrogen) atoms. The van der Waals surface area contributed by atoms with Crippen LogP contribution in [0.5, 0.6) is 0 Å². The summed E-state index contributed by atoms with van der Waals surface area (Å²) < 4.78 is 0. The van der Waals surface area contributed by atoms with Gasteiger partial charge in [0.1, 0.15) is 0 Å². The highest BCUT2D eigenvalue weighted by Gasteiger charge is 2.51. The lowest BCUT2D eigenvalue weighted by Crippen LogP contribution is -2.52. The molecular formula is C25H27N3O3. The van der Waals surface area contributed by atoms with Crippen molar-refractivity contribution >= 4 is 17.7 Å². The molecule has 1 saturated carbocycles. The van der Waals surface area contributed by atoms with Gasteiger partial charge in [-0.05, 0) is 55.0 Å². The van der Waals surface area contributed by atoms with Crippen LogP contribution in [-0.2, 0) is 16.9 Å². The number of piperidine rings is 1. The molecule has 1 N–H and O–H groups in total. The first-order valence-electron chi connectivity index (χ1n) is 11.0. The standard InChI is InChI=1S/C25H27N3O3/c1-26-22(29)18-8-6-17(7-9-18)16-28-24(31)20-4-2-3-5-21(20)25(28)12-14-27(15-13-25)23(30)19-10-11-19/h2-9,19H,10-16H2,1H3,(H,26,29). The monoisotopic (exact) mass is 417 g/mol. The molecule has 1 spiro atoms. The fourth-order valence-corrected chi connectivity index (χ4v) is 5.10. The molecule has 2 aliphatic heterocycles. The molecule has 2 fully saturated rings. The zero-order chi connectivity index (χ0) is 21.6. The van der Waals surface area contributed by atoms with Crippen LogP contribution < -0.4 is 5.32 Å². The van der Waals surface area contributed by atoms with Crippen molar-refractivity contribution in [3.63, 3.8) is 0 Å². The van der Waals surface area contributed by atoms with Crippen molar-refractivity contribution in [2.75, 3.05) is 20.1 Å². The van der Waals surface area contributed by atoms with Gasteiger partial charge in [-0.15, -0.1) is 0 Å². The number of carbonyl (C=O) groups excluding carboxylic acids is 3. The van der Waals surface area contributed by atoms with Crippen molar-refractivity contribution in [3.8, 4) is 0 Å². The zero-order valence-corrected chi connectivity index (χ0v) is 17.8. The van der Waals surface area contributed by atoms with Gasteiger partial charge in [0.05, 0.1) is 5.54 Å². The maximum Gasteiger partial charge on any atom is 0.255 e. The van der Waals surface area contributed by atoms with Crippen LogP contribution in [0.25, 0.3) is 0 Å². The van der Waals surface area contributed by atoms with E-state index in [0.29, 0.717) is 25.2 Å². The SMILES string of the molecule is CNC(=O)c1ccc(CN2C(=O)c3ccccc3C23CCN(C(=O)C2CC2)CC3)cc1. The predicted molar refractivity (Wildman–Crippen MR) is 116 cm³/mol. The topological polar surface area (TPSA) is 69.7 Å². The Morgan fingerprint density at radius 2 is 1.71 bits per heavy atom. The first-order chi connectivity index (χ1) is 15.0. The normalized spacial score (nSPS) is 19.5. The third kappa shape index (κ3) is 3.30. The van der Waals surface area contributed by atoms with Gasteiger partial charge in [0.15, 0.2) is 0 Å². The Kier molecular flexibility index (Phi) is 4.80. The summed E-state index contributed by atoms with van der Waals surface area (Å²) in [4.78, 5) is 41.8. The average Bonchev–Trinajstić information content (AvgIpc) is 3.64. The van der Waals surface area contributed by atoms with Gasteiger partial charge in [0.2, 0.25) is 5.91 Å². The maximum absolute atomic E-state index is 13.4. The van der Waals surface area contributed by atoms with E-state index < -0.39 is 0 Å². The first-order valence-corrected chi connectivity index (χ1v) is 11.0. The summed E-state index contributed by atoms with van der Waals surface area (Å²) >= 11 is 0. The molecule has 3 aliphatic rings. The van der Waals surface area contributed by atoms with Crippen molar-refractivity contribution in [3.05, 3.63) is 70.8 Å². The lowest BCUT2D eigenvalue weighted by molar-refractivity contribution is -0.135. The molecule has 6 heteroatoms. The Hall–Kier alpha value is -3.15. The minimum absolute atomic E-state index is 0.0490. The second-order valence-electron chi connectivity index (χ2n) is 8.84. The number of nitrogens with one attached hydrogen (secondary N) is 1. The van der Waals surface area contributed by atoms with Crippen LogP contribution >= 0.6 is 0 Å². The van der Waals surface area contributed by atoms with Crippen LogP contribution in [0.1, 0.15) is 57.5 Å². The highest BCUT2D eigenvalue weighted by molar-refractivity contribution is 6.00. The Morgan fingerprint density at radius 3 is 2.35 bits per heavy atom. The highest BCUT2D eigenvalue weighted by Crippen LogP contribution is 2.47. The second-order valence-corrected chi connectivity index (χ2v) is 8.84. The molecule has 0 bridgehead atoms. The van der Waals surface area contributed by atoms with Crippen LogP contribution in [0.4, 0.5) is 0 Å². The first kappa shape index (κ1) is 19.8. The summed E-state index contributed by atoms with van der Waals surface area (Å²) in [7, 11) is 1.61. The number of likely N-dealkylation sites (tertiary alicyclic amines) is 1. The Labute approximate surface area is 182 Å². The molecule has 2 aromatic rings. The predicted octanol–water partition coefficient (Wildman–Crippen LogP) is 2.93. The minimum atomic E-state index is -0.381. The molecule has 0 unspecified atom stereocenters. The van der Waals surface area contributed by atoms with Crippen LogP contribution in [0.15, 0.2) is 48.5 Å². The summed E-state index contributed by atoms with van der Waals surface area (Å²) in [5.74, 6) is 0.429. The van der Waals surface area contributed by atoms with Crippen molar-refractivity contribution in [1.29, 1.82) is 0 Å². The Balaban J connectivity index is 1.42. The number of hydrogen-bond donors (Lipinski definition) is 1.